The lowest BCUT2D eigenvalue weighted by Gasteiger charge is -2.18. The Morgan fingerprint density at radius 3 is 2.94 bits per heavy atom. The highest BCUT2D eigenvalue weighted by Crippen LogP contribution is 2.14. The monoisotopic (exact) mass is 253 g/mol. The fraction of sp³-hybridized carbons (Fsp3) is 0.615. The molecule has 0 bridgehead atoms. The molecule has 0 saturated heterocycles. The highest BCUT2D eigenvalue weighted by Gasteiger charge is 2.10. The molecule has 1 unspecified atom stereocenters. The van der Waals surface area contributed by atoms with Crippen LogP contribution in [0.5, 0.6) is 0 Å². The predicted molar refractivity (Wildman–Crippen MR) is 77.4 cm³/mol. The molecule has 0 aliphatic rings. The molecule has 4 heteroatoms. The fourth-order valence-electron chi connectivity index (χ4n) is 1.67. The van der Waals surface area contributed by atoms with Crippen molar-refractivity contribution in [2.24, 2.45) is 0 Å². The largest absolute Gasteiger partial charge is 0.398 e. The summed E-state index contributed by atoms with van der Waals surface area (Å²) in [6.45, 7) is 5.45. The van der Waals surface area contributed by atoms with E-state index in [-0.39, 0.29) is 0 Å². The smallest absolute Gasteiger partial charge is 0.0378 e. The molecule has 1 heterocycles. The molecule has 0 amide bonds. The van der Waals surface area contributed by atoms with Gasteiger partial charge in [0.25, 0.3) is 0 Å². The third-order valence-corrected chi connectivity index (χ3v) is 3.66. The molecule has 1 rings (SSSR count). The first kappa shape index (κ1) is 14.3. The van der Waals surface area contributed by atoms with Gasteiger partial charge >= 0.3 is 0 Å². The normalized spacial score (nSPS) is 12.6. The minimum atomic E-state index is 0.492. The van der Waals surface area contributed by atoms with Crippen molar-refractivity contribution in [2.45, 2.75) is 32.7 Å². The second-order valence-electron chi connectivity index (χ2n) is 4.09. The van der Waals surface area contributed by atoms with Gasteiger partial charge < -0.3 is 11.1 Å². The molecule has 0 aliphatic heterocycles. The highest BCUT2D eigenvalue weighted by molar-refractivity contribution is 7.99. The summed E-state index contributed by atoms with van der Waals surface area (Å²) in [4.78, 5) is 4.14. The summed E-state index contributed by atoms with van der Waals surface area (Å²) in [5.41, 5.74) is 7.95. The van der Waals surface area contributed by atoms with E-state index < -0.39 is 0 Å². The summed E-state index contributed by atoms with van der Waals surface area (Å²) in [5, 5.41) is 3.58. The first-order valence-corrected chi connectivity index (χ1v) is 7.42. The minimum absolute atomic E-state index is 0.492. The molecule has 3 nitrogen and oxygen atoms in total. The first-order chi connectivity index (χ1) is 8.27. The van der Waals surface area contributed by atoms with Crippen LogP contribution < -0.4 is 11.1 Å². The van der Waals surface area contributed by atoms with Crippen LogP contribution in [0.15, 0.2) is 18.5 Å². The molecule has 3 N–H and O–H groups in total. The number of thioether (sulfide) groups is 1. The van der Waals surface area contributed by atoms with Crippen LogP contribution >= 0.6 is 11.8 Å². The molecule has 0 spiro atoms. The standard InChI is InChI=1S/C13H23N3S/c1-3-6-16-12(10-17-4-2)8-11-9-15-7-5-13(11)14/h5,7,9,12,16H,3-4,6,8,10H2,1-2H3,(H2,14,15). The first-order valence-electron chi connectivity index (χ1n) is 6.27. The third-order valence-electron chi connectivity index (χ3n) is 2.61. The van der Waals surface area contributed by atoms with Gasteiger partial charge in [0.15, 0.2) is 0 Å². The van der Waals surface area contributed by atoms with E-state index in [1.165, 1.54) is 0 Å². The van der Waals surface area contributed by atoms with E-state index in [4.69, 9.17) is 5.73 Å². The van der Waals surface area contributed by atoms with Crippen LogP contribution in [0.2, 0.25) is 0 Å². The number of nitrogen functional groups attached to an aromatic ring is 1. The van der Waals surface area contributed by atoms with Crippen LogP contribution in [0.3, 0.4) is 0 Å². The number of hydrogen-bond donors (Lipinski definition) is 2. The van der Waals surface area contributed by atoms with Crippen molar-refractivity contribution in [3.05, 3.63) is 24.0 Å². The second-order valence-corrected chi connectivity index (χ2v) is 5.41. The SMILES string of the molecule is CCCNC(CSCC)Cc1cnccc1N. The molecule has 0 radical (unpaired) electrons. The second kappa shape index (κ2) is 8.37. The predicted octanol–water partition coefficient (Wildman–Crippen LogP) is 2.33. The Bertz CT molecular complexity index is 309. The minimum Gasteiger partial charge on any atom is -0.398 e. The van der Waals surface area contributed by atoms with Crippen molar-refractivity contribution in [3.8, 4) is 0 Å². The fourth-order valence-corrected chi connectivity index (χ4v) is 2.43. The van der Waals surface area contributed by atoms with E-state index in [1.807, 2.05) is 24.0 Å². The molecule has 17 heavy (non-hydrogen) atoms. The van der Waals surface area contributed by atoms with Crippen molar-refractivity contribution in [1.29, 1.82) is 0 Å². The number of hydrogen-bond acceptors (Lipinski definition) is 4. The molecule has 0 fully saturated rings. The van der Waals surface area contributed by atoms with Crippen molar-refractivity contribution < 1.29 is 0 Å². The van der Waals surface area contributed by atoms with E-state index in [0.29, 0.717) is 6.04 Å². The summed E-state index contributed by atoms with van der Waals surface area (Å²) in [5.74, 6) is 2.29. The van der Waals surface area contributed by atoms with Crippen molar-refractivity contribution in [2.75, 3.05) is 23.8 Å². The lowest BCUT2D eigenvalue weighted by atomic mass is 10.1. The van der Waals surface area contributed by atoms with E-state index in [2.05, 4.69) is 24.1 Å². The van der Waals surface area contributed by atoms with Gasteiger partial charge in [-0.15, -0.1) is 0 Å². The molecular weight excluding hydrogens is 230 g/mol. The number of nitrogens with two attached hydrogens (primary N) is 1. The maximum absolute atomic E-state index is 5.95. The van der Waals surface area contributed by atoms with Gasteiger partial charge in [-0.25, -0.2) is 0 Å². The van der Waals surface area contributed by atoms with E-state index >= 15 is 0 Å². The van der Waals surface area contributed by atoms with Gasteiger partial charge in [-0.1, -0.05) is 13.8 Å². The van der Waals surface area contributed by atoms with Crippen molar-refractivity contribution >= 4 is 17.4 Å². The summed E-state index contributed by atoms with van der Waals surface area (Å²) < 4.78 is 0. The van der Waals surface area contributed by atoms with Crippen LogP contribution in [0.4, 0.5) is 5.69 Å². The zero-order valence-electron chi connectivity index (χ0n) is 10.8. The molecule has 96 valence electrons. The highest BCUT2D eigenvalue weighted by atomic mass is 32.2. The molecule has 0 aliphatic carbocycles. The van der Waals surface area contributed by atoms with Gasteiger partial charge in [0, 0.05) is 29.9 Å². The number of rotatable bonds is 8. The average Bonchev–Trinajstić information content (AvgIpc) is 2.35. The van der Waals surface area contributed by atoms with Crippen LogP contribution in [0.25, 0.3) is 0 Å². The molecule has 1 aromatic rings. The summed E-state index contributed by atoms with van der Waals surface area (Å²) in [6, 6.07) is 2.37. The van der Waals surface area contributed by atoms with Crippen LogP contribution in [0.1, 0.15) is 25.8 Å². The number of anilines is 1. The lowest BCUT2D eigenvalue weighted by molar-refractivity contribution is 0.550. The Kier molecular flexibility index (Phi) is 7.05. The summed E-state index contributed by atoms with van der Waals surface area (Å²) >= 11 is 1.97. The van der Waals surface area contributed by atoms with Crippen molar-refractivity contribution in [3.63, 3.8) is 0 Å². The van der Waals surface area contributed by atoms with Crippen LogP contribution in [-0.4, -0.2) is 29.1 Å². The van der Waals surface area contributed by atoms with Gasteiger partial charge in [-0.3, -0.25) is 4.98 Å². The lowest BCUT2D eigenvalue weighted by Crippen LogP contribution is -2.34. The molecule has 0 saturated carbocycles. The molecule has 1 aromatic heterocycles. The topological polar surface area (TPSA) is 50.9 Å². The zero-order valence-corrected chi connectivity index (χ0v) is 11.6. The number of nitrogens with zero attached hydrogens (tertiary/aromatic N) is 1. The van der Waals surface area contributed by atoms with Gasteiger partial charge in [-0.2, -0.15) is 11.8 Å². The van der Waals surface area contributed by atoms with Crippen LogP contribution in [0, 0.1) is 0 Å². The Labute approximate surface area is 109 Å². The zero-order chi connectivity index (χ0) is 12.5. The molecule has 1 atom stereocenters. The summed E-state index contributed by atoms with van der Waals surface area (Å²) in [7, 11) is 0. The summed E-state index contributed by atoms with van der Waals surface area (Å²) in [6.07, 6.45) is 5.75. The Morgan fingerprint density at radius 1 is 1.47 bits per heavy atom. The van der Waals surface area contributed by atoms with Crippen LogP contribution in [-0.2, 0) is 6.42 Å². The van der Waals surface area contributed by atoms with Gasteiger partial charge in [-0.05, 0) is 36.8 Å². The van der Waals surface area contributed by atoms with Gasteiger partial charge in [0.1, 0.15) is 0 Å². The van der Waals surface area contributed by atoms with E-state index in [1.54, 1.807) is 6.20 Å². The maximum Gasteiger partial charge on any atom is 0.0378 e. The van der Waals surface area contributed by atoms with E-state index in [9.17, 15) is 0 Å². The quantitative estimate of drug-likeness (QED) is 0.746. The number of aromatic nitrogens is 1. The van der Waals surface area contributed by atoms with Gasteiger partial charge in [0.2, 0.25) is 0 Å². The average molecular weight is 253 g/mol. The Hall–Kier alpha value is -0.740. The molecule has 0 aromatic carbocycles. The Balaban J connectivity index is 2.55. The maximum atomic E-state index is 5.95. The molecular formula is C13H23N3S. The number of pyridine rings is 1. The Morgan fingerprint density at radius 2 is 2.29 bits per heavy atom. The van der Waals surface area contributed by atoms with Gasteiger partial charge in [0.05, 0.1) is 0 Å². The number of nitrogens with one attached hydrogen (secondary N) is 1. The van der Waals surface area contributed by atoms with E-state index in [0.717, 1.165) is 42.1 Å². The van der Waals surface area contributed by atoms with Crippen molar-refractivity contribution in [1.82, 2.24) is 10.3 Å². The third kappa shape index (κ3) is 5.41.